The van der Waals surface area contributed by atoms with Crippen LogP contribution in [0.25, 0.3) is 0 Å². The first kappa shape index (κ1) is 19.5. The molecule has 5 heteroatoms. The van der Waals surface area contributed by atoms with Gasteiger partial charge < -0.3 is 20.1 Å². The zero-order chi connectivity index (χ0) is 15.6. The monoisotopic (exact) mass is 346 g/mol. The zero-order valence-corrected chi connectivity index (χ0v) is 15.8. The van der Waals surface area contributed by atoms with Crippen molar-refractivity contribution in [3.05, 3.63) is 0 Å². The first-order valence-electron chi connectivity index (χ1n) is 9.35. The normalized spacial score (nSPS) is 39.5. The molecule has 0 amide bonds. The van der Waals surface area contributed by atoms with Crippen LogP contribution in [0.4, 0.5) is 0 Å². The molecular weight excluding hydrogens is 312 g/mol. The molecule has 1 aliphatic heterocycles. The second kappa shape index (κ2) is 8.48. The summed E-state index contributed by atoms with van der Waals surface area (Å²) < 4.78 is 11.4. The number of halogens is 1. The molecule has 0 spiro atoms. The Labute approximate surface area is 147 Å². The molecule has 2 aliphatic carbocycles. The van der Waals surface area contributed by atoms with E-state index in [1.54, 1.807) is 0 Å². The molecule has 2 N–H and O–H groups in total. The van der Waals surface area contributed by atoms with Gasteiger partial charge in [-0.15, -0.1) is 12.4 Å². The second-order valence-electron chi connectivity index (χ2n) is 7.46. The fraction of sp³-hybridized carbons (Fsp3) is 1.00. The van der Waals surface area contributed by atoms with Crippen LogP contribution in [0, 0.1) is 11.3 Å². The summed E-state index contributed by atoms with van der Waals surface area (Å²) in [5, 5.41) is 7.72. The molecule has 23 heavy (non-hydrogen) atoms. The Morgan fingerprint density at radius 2 is 2.04 bits per heavy atom. The number of nitrogens with one attached hydrogen (secondary N) is 2. The van der Waals surface area contributed by atoms with Crippen molar-refractivity contribution in [2.24, 2.45) is 11.3 Å². The van der Waals surface area contributed by atoms with Gasteiger partial charge in [0.05, 0.1) is 19.3 Å². The number of methoxy groups -OCH3 is 1. The lowest BCUT2D eigenvalue weighted by atomic mass is 9.58. The Hall–Kier alpha value is 0.130. The first-order chi connectivity index (χ1) is 10.7. The van der Waals surface area contributed by atoms with Gasteiger partial charge in [0.2, 0.25) is 0 Å². The fourth-order valence-electron chi connectivity index (χ4n) is 5.31. The molecule has 1 saturated heterocycles. The minimum Gasteiger partial charge on any atom is -0.381 e. The highest BCUT2D eigenvalue weighted by molar-refractivity contribution is 5.85. The number of hydrogen-bond acceptors (Lipinski definition) is 4. The van der Waals surface area contributed by atoms with E-state index in [-0.39, 0.29) is 12.4 Å². The lowest BCUT2D eigenvalue weighted by Gasteiger charge is -2.56. The predicted octanol–water partition coefficient (Wildman–Crippen LogP) is 2.75. The summed E-state index contributed by atoms with van der Waals surface area (Å²) in [4.78, 5) is 0. The molecule has 0 aromatic rings. The van der Waals surface area contributed by atoms with Crippen LogP contribution in [0.15, 0.2) is 0 Å². The van der Waals surface area contributed by atoms with Crippen molar-refractivity contribution < 1.29 is 9.47 Å². The van der Waals surface area contributed by atoms with Gasteiger partial charge >= 0.3 is 0 Å². The van der Waals surface area contributed by atoms with Crippen molar-refractivity contribution in [1.82, 2.24) is 10.6 Å². The van der Waals surface area contributed by atoms with Crippen LogP contribution in [-0.2, 0) is 9.47 Å². The van der Waals surface area contributed by atoms with Gasteiger partial charge in [-0.05, 0) is 38.0 Å². The van der Waals surface area contributed by atoms with Gasteiger partial charge in [-0.3, -0.25) is 0 Å². The first-order valence-corrected chi connectivity index (χ1v) is 9.35. The standard InChI is InChI=1S/C18H34N2O2.ClH/c1-4-18(5-2)16(11-17(18)21-3)20-14-8-6-7-13(14)15-12-22-10-9-19-15;/h13-17,19-20H,4-12H2,1-3H3;1H. The van der Waals surface area contributed by atoms with E-state index < -0.39 is 0 Å². The molecule has 3 rings (SSSR count). The number of hydrogen-bond donors (Lipinski definition) is 2. The molecule has 2 saturated carbocycles. The summed E-state index contributed by atoms with van der Waals surface area (Å²) in [6, 6.07) is 1.83. The molecule has 0 bridgehead atoms. The maximum absolute atomic E-state index is 5.75. The average Bonchev–Trinajstić information content (AvgIpc) is 3.01. The highest BCUT2D eigenvalue weighted by Gasteiger charge is 2.54. The topological polar surface area (TPSA) is 42.5 Å². The van der Waals surface area contributed by atoms with Crippen LogP contribution >= 0.6 is 12.4 Å². The van der Waals surface area contributed by atoms with E-state index in [1.165, 1.54) is 38.5 Å². The van der Waals surface area contributed by atoms with E-state index in [9.17, 15) is 0 Å². The Balaban J connectivity index is 0.00000192. The largest absolute Gasteiger partial charge is 0.381 e. The Kier molecular flexibility index (Phi) is 7.17. The molecule has 5 atom stereocenters. The van der Waals surface area contributed by atoms with Crippen LogP contribution in [0.1, 0.15) is 52.4 Å². The summed E-state index contributed by atoms with van der Waals surface area (Å²) in [7, 11) is 1.88. The third-order valence-electron chi connectivity index (χ3n) is 6.84. The number of morpholine rings is 1. The second-order valence-corrected chi connectivity index (χ2v) is 7.46. The lowest BCUT2D eigenvalue weighted by Crippen LogP contribution is -2.66. The maximum atomic E-state index is 5.75. The lowest BCUT2D eigenvalue weighted by molar-refractivity contribution is -0.127. The summed E-state index contributed by atoms with van der Waals surface area (Å²) in [5.41, 5.74) is 0.346. The maximum Gasteiger partial charge on any atom is 0.0657 e. The van der Waals surface area contributed by atoms with Gasteiger partial charge in [0.1, 0.15) is 0 Å². The Morgan fingerprint density at radius 1 is 1.26 bits per heavy atom. The molecule has 136 valence electrons. The predicted molar refractivity (Wildman–Crippen MR) is 96.3 cm³/mol. The molecular formula is C18H35ClN2O2. The summed E-state index contributed by atoms with van der Waals surface area (Å²) in [6.45, 7) is 7.42. The smallest absolute Gasteiger partial charge is 0.0657 e. The van der Waals surface area contributed by atoms with Crippen molar-refractivity contribution in [2.75, 3.05) is 26.9 Å². The minimum absolute atomic E-state index is 0. The van der Waals surface area contributed by atoms with Gasteiger partial charge in [-0.2, -0.15) is 0 Å². The highest BCUT2D eigenvalue weighted by atomic mass is 35.5. The van der Waals surface area contributed by atoms with E-state index in [0.717, 1.165) is 25.7 Å². The summed E-state index contributed by atoms with van der Waals surface area (Å²) in [5.74, 6) is 0.730. The molecule has 0 aromatic heterocycles. The van der Waals surface area contributed by atoms with E-state index in [2.05, 4.69) is 24.5 Å². The molecule has 4 nitrogen and oxygen atoms in total. The van der Waals surface area contributed by atoms with E-state index >= 15 is 0 Å². The zero-order valence-electron chi connectivity index (χ0n) is 15.0. The number of rotatable bonds is 6. The van der Waals surface area contributed by atoms with Gasteiger partial charge in [-0.1, -0.05) is 20.3 Å². The van der Waals surface area contributed by atoms with Crippen LogP contribution < -0.4 is 10.6 Å². The van der Waals surface area contributed by atoms with Crippen molar-refractivity contribution >= 4 is 12.4 Å². The minimum atomic E-state index is 0. The molecule has 3 aliphatic rings. The van der Waals surface area contributed by atoms with Crippen LogP contribution in [0.2, 0.25) is 0 Å². The van der Waals surface area contributed by atoms with Crippen LogP contribution in [0.5, 0.6) is 0 Å². The molecule has 0 aromatic carbocycles. The Morgan fingerprint density at radius 3 is 2.65 bits per heavy atom. The third kappa shape index (κ3) is 3.57. The van der Waals surface area contributed by atoms with Gasteiger partial charge in [0.15, 0.2) is 0 Å². The Bertz CT molecular complexity index is 359. The van der Waals surface area contributed by atoms with Gasteiger partial charge in [0.25, 0.3) is 0 Å². The van der Waals surface area contributed by atoms with Crippen molar-refractivity contribution in [3.63, 3.8) is 0 Å². The van der Waals surface area contributed by atoms with Gasteiger partial charge in [-0.25, -0.2) is 0 Å². The molecule has 3 fully saturated rings. The van der Waals surface area contributed by atoms with Crippen molar-refractivity contribution in [3.8, 4) is 0 Å². The van der Waals surface area contributed by atoms with Crippen molar-refractivity contribution in [1.29, 1.82) is 0 Å². The highest BCUT2D eigenvalue weighted by Crippen LogP contribution is 2.49. The molecule has 0 radical (unpaired) electrons. The quantitative estimate of drug-likeness (QED) is 0.776. The summed E-state index contributed by atoms with van der Waals surface area (Å²) in [6.07, 6.45) is 8.05. The van der Waals surface area contributed by atoms with E-state index in [4.69, 9.17) is 9.47 Å². The average molecular weight is 347 g/mol. The molecule has 5 unspecified atom stereocenters. The summed E-state index contributed by atoms with van der Waals surface area (Å²) >= 11 is 0. The van der Waals surface area contributed by atoms with Crippen molar-refractivity contribution in [2.45, 2.75) is 76.6 Å². The van der Waals surface area contributed by atoms with E-state index in [1.807, 2.05) is 7.11 Å². The van der Waals surface area contributed by atoms with Gasteiger partial charge in [0, 0.05) is 37.2 Å². The van der Waals surface area contributed by atoms with Crippen LogP contribution in [-0.4, -0.2) is 51.1 Å². The third-order valence-corrected chi connectivity index (χ3v) is 6.84. The SMILES string of the molecule is CCC1(CC)C(NC2CCCC2C2COCCN2)CC1OC.Cl. The van der Waals surface area contributed by atoms with E-state index in [0.29, 0.717) is 29.6 Å². The molecule has 1 heterocycles. The fourth-order valence-corrected chi connectivity index (χ4v) is 5.31. The number of ether oxygens (including phenoxy) is 2. The van der Waals surface area contributed by atoms with Crippen LogP contribution in [0.3, 0.4) is 0 Å².